The number of hydroxylamine groups is 2. The Kier molecular flexibility index (Phi) is 5.97. The maximum absolute atomic E-state index is 12.2. The van der Waals surface area contributed by atoms with Crippen molar-refractivity contribution in [3.05, 3.63) is 59.7 Å². The van der Waals surface area contributed by atoms with Crippen LogP contribution in [0.2, 0.25) is 0 Å². The van der Waals surface area contributed by atoms with Crippen molar-refractivity contribution < 1.29 is 29.7 Å². The average Bonchev–Trinajstić information content (AvgIpc) is 2.61. The number of rotatable bonds is 7. The van der Waals surface area contributed by atoms with Crippen LogP contribution in [0.3, 0.4) is 0 Å². The standard InChI is InChI=1S/C19H21NO6/c1-20(25)18(23)17(22)12-19(24,14-5-7-15(21)8-6-14)11-13-3-9-16(26-2)10-4-13/h3-10,21,24-25H,11-12H2,1-2H3. The van der Waals surface area contributed by atoms with Crippen LogP contribution in [0.4, 0.5) is 0 Å². The van der Waals surface area contributed by atoms with Crippen LogP contribution in [0.5, 0.6) is 11.5 Å². The summed E-state index contributed by atoms with van der Waals surface area (Å²) in [5.41, 5.74) is -0.600. The van der Waals surface area contributed by atoms with Crippen molar-refractivity contribution >= 4 is 11.7 Å². The SMILES string of the molecule is COc1ccc(CC(O)(CC(=O)C(=O)N(C)O)c2ccc(O)cc2)cc1. The van der Waals surface area contributed by atoms with Gasteiger partial charge in [-0.15, -0.1) is 0 Å². The summed E-state index contributed by atoms with van der Waals surface area (Å²) >= 11 is 0. The molecule has 0 heterocycles. The highest BCUT2D eigenvalue weighted by atomic mass is 16.5. The van der Waals surface area contributed by atoms with Gasteiger partial charge in [0.25, 0.3) is 0 Å². The van der Waals surface area contributed by atoms with Gasteiger partial charge in [0.15, 0.2) is 0 Å². The van der Waals surface area contributed by atoms with E-state index in [-0.39, 0.29) is 17.2 Å². The number of aromatic hydroxyl groups is 1. The molecule has 0 aliphatic carbocycles. The Bertz CT molecular complexity index is 770. The first-order valence-electron chi connectivity index (χ1n) is 7.90. The van der Waals surface area contributed by atoms with Crippen molar-refractivity contribution in [1.82, 2.24) is 5.06 Å². The molecule has 0 bridgehead atoms. The first-order chi connectivity index (χ1) is 12.2. The van der Waals surface area contributed by atoms with E-state index >= 15 is 0 Å². The summed E-state index contributed by atoms with van der Waals surface area (Å²) < 4.78 is 5.10. The van der Waals surface area contributed by atoms with E-state index < -0.39 is 23.7 Å². The molecule has 0 aliphatic rings. The molecule has 0 aromatic heterocycles. The van der Waals surface area contributed by atoms with E-state index in [1.54, 1.807) is 24.3 Å². The minimum atomic E-state index is -1.69. The number of methoxy groups -OCH3 is 1. The predicted molar refractivity (Wildman–Crippen MR) is 92.9 cm³/mol. The largest absolute Gasteiger partial charge is 0.508 e. The van der Waals surface area contributed by atoms with Gasteiger partial charge in [0.05, 0.1) is 7.11 Å². The number of phenolic OH excluding ortho intramolecular Hbond substituents is 1. The number of carbonyl (C=O) groups excluding carboxylic acids is 2. The molecule has 3 N–H and O–H groups in total. The Morgan fingerprint density at radius 2 is 1.65 bits per heavy atom. The molecule has 1 atom stereocenters. The summed E-state index contributed by atoms with van der Waals surface area (Å²) in [7, 11) is 2.58. The topological polar surface area (TPSA) is 107 Å². The highest BCUT2D eigenvalue weighted by molar-refractivity contribution is 6.35. The fourth-order valence-corrected chi connectivity index (χ4v) is 2.64. The van der Waals surface area contributed by atoms with E-state index in [9.17, 15) is 25.0 Å². The van der Waals surface area contributed by atoms with Crippen LogP contribution < -0.4 is 4.74 Å². The summed E-state index contributed by atoms with van der Waals surface area (Å²) in [5.74, 6) is -1.39. The Labute approximate surface area is 151 Å². The van der Waals surface area contributed by atoms with Gasteiger partial charge in [0.2, 0.25) is 5.78 Å². The predicted octanol–water partition coefficient (Wildman–Crippen LogP) is 1.64. The summed E-state index contributed by atoms with van der Waals surface area (Å²) in [6, 6.07) is 12.7. The molecular formula is C19H21NO6. The zero-order valence-electron chi connectivity index (χ0n) is 14.5. The van der Waals surface area contributed by atoms with E-state index in [0.717, 1.165) is 12.6 Å². The minimum Gasteiger partial charge on any atom is -0.508 e. The first-order valence-corrected chi connectivity index (χ1v) is 7.90. The fraction of sp³-hybridized carbons (Fsp3) is 0.263. The maximum Gasteiger partial charge on any atom is 0.313 e. The third-order valence-electron chi connectivity index (χ3n) is 4.05. The zero-order valence-corrected chi connectivity index (χ0v) is 14.5. The molecule has 0 aliphatic heterocycles. The van der Waals surface area contributed by atoms with Crippen LogP contribution in [-0.4, -0.2) is 46.3 Å². The van der Waals surface area contributed by atoms with E-state index in [4.69, 9.17) is 4.74 Å². The van der Waals surface area contributed by atoms with Crippen molar-refractivity contribution in [3.63, 3.8) is 0 Å². The van der Waals surface area contributed by atoms with Gasteiger partial charge in [0, 0.05) is 19.9 Å². The number of hydrogen-bond acceptors (Lipinski definition) is 6. The Morgan fingerprint density at radius 1 is 1.08 bits per heavy atom. The lowest BCUT2D eigenvalue weighted by atomic mass is 9.83. The first kappa shape index (κ1) is 19.4. The second kappa shape index (κ2) is 7.99. The maximum atomic E-state index is 12.2. The van der Waals surface area contributed by atoms with E-state index in [0.29, 0.717) is 11.3 Å². The quantitative estimate of drug-likeness (QED) is 0.394. The molecule has 2 rings (SSSR count). The molecule has 1 unspecified atom stereocenters. The van der Waals surface area contributed by atoms with E-state index in [1.165, 1.54) is 31.4 Å². The van der Waals surface area contributed by atoms with Crippen molar-refractivity contribution in [2.45, 2.75) is 18.4 Å². The number of phenols is 1. The molecule has 138 valence electrons. The Hall–Kier alpha value is -2.90. The molecule has 7 nitrogen and oxygen atoms in total. The highest BCUT2D eigenvalue weighted by Gasteiger charge is 2.35. The molecule has 0 radical (unpaired) electrons. The molecule has 0 spiro atoms. The number of benzene rings is 2. The lowest BCUT2D eigenvalue weighted by Gasteiger charge is -2.28. The van der Waals surface area contributed by atoms with Gasteiger partial charge in [-0.25, -0.2) is 5.06 Å². The molecule has 1 amide bonds. The van der Waals surface area contributed by atoms with Crippen LogP contribution in [0.1, 0.15) is 17.5 Å². The fourth-order valence-electron chi connectivity index (χ4n) is 2.64. The average molecular weight is 359 g/mol. The number of ether oxygens (including phenoxy) is 1. The van der Waals surface area contributed by atoms with Crippen LogP contribution in [0, 0.1) is 0 Å². The molecular weight excluding hydrogens is 338 g/mol. The van der Waals surface area contributed by atoms with Gasteiger partial charge in [-0.3, -0.25) is 14.8 Å². The van der Waals surface area contributed by atoms with Crippen molar-refractivity contribution in [3.8, 4) is 11.5 Å². The van der Waals surface area contributed by atoms with Crippen LogP contribution in [0.25, 0.3) is 0 Å². The number of amides is 1. The van der Waals surface area contributed by atoms with Crippen molar-refractivity contribution in [2.24, 2.45) is 0 Å². The molecule has 26 heavy (non-hydrogen) atoms. The van der Waals surface area contributed by atoms with Crippen LogP contribution in [-0.2, 0) is 21.6 Å². The summed E-state index contributed by atoms with van der Waals surface area (Å²) in [4.78, 5) is 23.9. The van der Waals surface area contributed by atoms with E-state index in [1.807, 2.05) is 0 Å². The third kappa shape index (κ3) is 4.59. The monoisotopic (exact) mass is 359 g/mol. The Morgan fingerprint density at radius 3 is 2.15 bits per heavy atom. The van der Waals surface area contributed by atoms with Crippen LogP contribution >= 0.6 is 0 Å². The zero-order chi connectivity index (χ0) is 19.3. The second-order valence-electron chi connectivity index (χ2n) is 6.03. The van der Waals surface area contributed by atoms with E-state index in [2.05, 4.69) is 0 Å². The number of ketones is 1. The Balaban J connectivity index is 2.35. The van der Waals surface area contributed by atoms with Gasteiger partial charge in [0.1, 0.15) is 17.1 Å². The van der Waals surface area contributed by atoms with Gasteiger partial charge in [-0.05, 0) is 35.4 Å². The number of aliphatic hydroxyl groups is 1. The summed E-state index contributed by atoms with van der Waals surface area (Å²) in [6.45, 7) is 0. The summed E-state index contributed by atoms with van der Waals surface area (Å²) in [6.07, 6.45) is -0.469. The van der Waals surface area contributed by atoms with Crippen LogP contribution in [0.15, 0.2) is 48.5 Å². The summed E-state index contributed by atoms with van der Waals surface area (Å²) in [5, 5.41) is 30.0. The van der Waals surface area contributed by atoms with Gasteiger partial charge >= 0.3 is 5.91 Å². The second-order valence-corrected chi connectivity index (χ2v) is 6.03. The molecule has 0 saturated carbocycles. The molecule has 0 saturated heterocycles. The van der Waals surface area contributed by atoms with Gasteiger partial charge in [-0.2, -0.15) is 0 Å². The number of nitrogens with zero attached hydrogens (tertiary/aromatic N) is 1. The van der Waals surface area contributed by atoms with Crippen molar-refractivity contribution in [2.75, 3.05) is 14.2 Å². The number of likely N-dealkylation sites (N-methyl/N-ethyl adjacent to an activating group) is 1. The van der Waals surface area contributed by atoms with Crippen molar-refractivity contribution in [1.29, 1.82) is 0 Å². The normalized spacial score (nSPS) is 12.9. The number of hydrogen-bond donors (Lipinski definition) is 3. The third-order valence-corrected chi connectivity index (χ3v) is 4.05. The molecule has 7 heteroatoms. The molecule has 0 fully saturated rings. The molecule has 2 aromatic carbocycles. The highest BCUT2D eigenvalue weighted by Crippen LogP contribution is 2.31. The van der Waals surface area contributed by atoms with Gasteiger partial charge < -0.3 is 14.9 Å². The lowest BCUT2D eigenvalue weighted by molar-refractivity contribution is -0.167. The van der Waals surface area contributed by atoms with Gasteiger partial charge in [-0.1, -0.05) is 24.3 Å². The number of carbonyl (C=O) groups is 2. The minimum absolute atomic E-state index is 0.0121. The lowest BCUT2D eigenvalue weighted by Crippen LogP contribution is -2.38. The smallest absolute Gasteiger partial charge is 0.313 e. The molecule has 2 aromatic rings. The number of Topliss-reactive ketones (excluding diaryl/α,β-unsaturated/α-hetero) is 1.